The summed E-state index contributed by atoms with van der Waals surface area (Å²) in [4.78, 5) is 36.7. The molecule has 4 rings (SSSR count). The third-order valence-electron chi connectivity index (χ3n) is 3.67. The van der Waals surface area contributed by atoms with Crippen LogP contribution in [-0.2, 0) is 4.79 Å². The largest absolute Gasteiger partial charge is 0.320 e. The van der Waals surface area contributed by atoms with Crippen molar-refractivity contribution in [1.29, 1.82) is 0 Å². The van der Waals surface area contributed by atoms with Crippen LogP contribution < -0.4 is 5.32 Å². The summed E-state index contributed by atoms with van der Waals surface area (Å²) in [6.45, 7) is 0. The predicted molar refractivity (Wildman–Crippen MR) is 83.6 cm³/mol. The van der Waals surface area contributed by atoms with Gasteiger partial charge in [0.25, 0.3) is 17.7 Å². The molecule has 0 atom stereocenters. The van der Waals surface area contributed by atoms with E-state index in [2.05, 4.69) is 10.4 Å². The van der Waals surface area contributed by atoms with Crippen LogP contribution in [0.2, 0.25) is 5.02 Å². The zero-order valence-corrected chi connectivity index (χ0v) is 12.3. The van der Waals surface area contributed by atoms with Crippen LogP contribution in [0.4, 0.5) is 5.69 Å². The molecule has 2 aromatic rings. The minimum absolute atomic E-state index is 0.0167. The molecule has 0 saturated heterocycles. The van der Waals surface area contributed by atoms with Gasteiger partial charge in [0.15, 0.2) is 5.71 Å². The third kappa shape index (κ3) is 1.96. The van der Waals surface area contributed by atoms with E-state index < -0.39 is 17.7 Å². The summed E-state index contributed by atoms with van der Waals surface area (Å²) in [5.74, 6) is -1.60. The highest BCUT2D eigenvalue weighted by atomic mass is 35.5. The van der Waals surface area contributed by atoms with Crippen molar-refractivity contribution >= 4 is 40.7 Å². The molecule has 0 spiro atoms. The van der Waals surface area contributed by atoms with Gasteiger partial charge in [0, 0.05) is 10.6 Å². The lowest BCUT2D eigenvalue weighted by molar-refractivity contribution is -0.110. The van der Waals surface area contributed by atoms with Crippen molar-refractivity contribution in [2.45, 2.75) is 0 Å². The predicted octanol–water partition coefficient (Wildman–Crippen LogP) is 2.29. The first-order chi connectivity index (χ1) is 11.1. The summed E-state index contributed by atoms with van der Waals surface area (Å²) < 4.78 is 0. The summed E-state index contributed by atoms with van der Waals surface area (Å²) in [5.41, 5.74) is 1.52. The molecule has 2 heterocycles. The molecule has 1 N–H and O–H groups in total. The lowest BCUT2D eigenvalue weighted by Gasteiger charge is -2.07. The number of rotatable bonds is 1. The van der Waals surface area contributed by atoms with Gasteiger partial charge < -0.3 is 5.32 Å². The van der Waals surface area contributed by atoms with Gasteiger partial charge in [0.2, 0.25) is 0 Å². The van der Waals surface area contributed by atoms with Gasteiger partial charge in [0.1, 0.15) is 0 Å². The number of nitrogens with zero attached hydrogens (tertiary/aromatic N) is 2. The first-order valence-corrected chi connectivity index (χ1v) is 7.12. The molecular formula is C16H8ClN3O3. The highest BCUT2D eigenvalue weighted by Gasteiger charge is 2.37. The van der Waals surface area contributed by atoms with E-state index in [-0.39, 0.29) is 16.8 Å². The molecule has 0 aromatic heterocycles. The first-order valence-electron chi connectivity index (χ1n) is 6.74. The van der Waals surface area contributed by atoms with Gasteiger partial charge in [-0.05, 0) is 30.3 Å². The topological polar surface area (TPSA) is 78.8 Å². The van der Waals surface area contributed by atoms with E-state index in [9.17, 15) is 14.4 Å². The Labute approximate surface area is 135 Å². The quantitative estimate of drug-likeness (QED) is 0.817. The van der Waals surface area contributed by atoms with Crippen LogP contribution >= 0.6 is 11.6 Å². The van der Waals surface area contributed by atoms with E-state index in [1.165, 1.54) is 0 Å². The number of anilines is 1. The molecule has 7 heteroatoms. The molecule has 23 heavy (non-hydrogen) atoms. The molecule has 6 nitrogen and oxygen atoms in total. The van der Waals surface area contributed by atoms with Crippen LogP contribution in [0.5, 0.6) is 0 Å². The second-order valence-electron chi connectivity index (χ2n) is 5.06. The Morgan fingerprint density at radius 3 is 2.22 bits per heavy atom. The Morgan fingerprint density at radius 1 is 0.913 bits per heavy atom. The van der Waals surface area contributed by atoms with Crippen molar-refractivity contribution in [2.75, 3.05) is 5.32 Å². The number of nitrogens with one attached hydrogen (secondary N) is 1. The molecule has 3 amide bonds. The molecule has 0 bridgehead atoms. The van der Waals surface area contributed by atoms with Gasteiger partial charge in [-0.25, -0.2) is 0 Å². The number of benzene rings is 2. The van der Waals surface area contributed by atoms with E-state index in [1.54, 1.807) is 42.5 Å². The maximum Gasteiger partial charge on any atom is 0.282 e. The minimum atomic E-state index is -0.554. The smallest absolute Gasteiger partial charge is 0.282 e. The van der Waals surface area contributed by atoms with E-state index in [1.807, 2.05) is 0 Å². The van der Waals surface area contributed by atoms with E-state index in [0.717, 1.165) is 5.01 Å². The lowest BCUT2D eigenvalue weighted by Crippen LogP contribution is -2.28. The molecule has 112 valence electrons. The van der Waals surface area contributed by atoms with Crippen LogP contribution in [0, 0.1) is 0 Å². The zero-order valence-electron chi connectivity index (χ0n) is 11.5. The van der Waals surface area contributed by atoms with Crippen LogP contribution in [-0.4, -0.2) is 28.4 Å². The van der Waals surface area contributed by atoms with Crippen LogP contribution in [0.1, 0.15) is 26.3 Å². The van der Waals surface area contributed by atoms with Crippen molar-refractivity contribution in [3.8, 4) is 0 Å². The van der Waals surface area contributed by atoms with Crippen molar-refractivity contribution in [2.24, 2.45) is 5.10 Å². The Kier molecular flexibility index (Phi) is 2.82. The number of imide groups is 1. The fourth-order valence-electron chi connectivity index (χ4n) is 2.59. The fraction of sp³-hybridized carbons (Fsp3) is 0. The molecular weight excluding hydrogens is 318 g/mol. The normalized spacial score (nSPS) is 17.5. The standard InChI is InChI=1S/C16H8ClN3O3/c17-8-5-6-12-11(7-8)13(14(21)18-12)19-20-15(22)9-3-1-2-4-10(9)16(20)23/h1-7H,(H,18,19,21). The molecule has 0 aliphatic carbocycles. The number of carbonyl (C=O) groups excluding carboxylic acids is 3. The van der Waals surface area contributed by atoms with Crippen LogP contribution in [0.25, 0.3) is 0 Å². The highest BCUT2D eigenvalue weighted by Crippen LogP contribution is 2.29. The van der Waals surface area contributed by atoms with Crippen LogP contribution in [0.15, 0.2) is 47.6 Å². The van der Waals surface area contributed by atoms with Crippen molar-refractivity contribution in [1.82, 2.24) is 5.01 Å². The first kappa shape index (κ1) is 13.7. The molecule has 2 aliphatic rings. The number of hydrazone groups is 1. The Balaban J connectivity index is 1.81. The maximum atomic E-state index is 12.3. The van der Waals surface area contributed by atoms with E-state index in [4.69, 9.17) is 11.6 Å². The van der Waals surface area contributed by atoms with Gasteiger partial charge in [-0.2, -0.15) is 10.1 Å². The summed E-state index contributed by atoms with van der Waals surface area (Å²) in [5, 5.41) is 7.76. The molecule has 0 saturated carbocycles. The number of fused-ring (bicyclic) bond motifs is 2. The number of carbonyl (C=O) groups is 3. The SMILES string of the molecule is O=C1Nc2ccc(Cl)cc2C1=NN1C(=O)c2ccccc2C1=O. The monoisotopic (exact) mass is 325 g/mol. The average Bonchev–Trinajstić information content (AvgIpc) is 2.98. The zero-order chi connectivity index (χ0) is 16.1. The van der Waals surface area contributed by atoms with Gasteiger partial charge in [-0.3, -0.25) is 14.4 Å². The fourth-order valence-corrected chi connectivity index (χ4v) is 2.76. The number of amides is 3. The second-order valence-corrected chi connectivity index (χ2v) is 5.50. The maximum absolute atomic E-state index is 12.3. The number of halogens is 1. The van der Waals surface area contributed by atoms with Crippen LogP contribution in [0.3, 0.4) is 0 Å². The molecule has 0 fully saturated rings. The van der Waals surface area contributed by atoms with Crippen molar-refractivity contribution < 1.29 is 14.4 Å². The van der Waals surface area contributed by atoms with Gasteiger partial charge in [0.05, 0.1) is 16.8 Å². The minimum Gasteiger partial charge on any atom is -0.320 e. The summed E-state index contributed by atoms with van der Waals surface area (Å²) in [7, 11) is 0. The van der Waals surface area contributed by atoms with Crippen molar-refractivity contribution in [3.05, 3.63) is 64.2 Å². The lowest BCUT2D eigenvalue weighted by atomic mass is 10.1. The van der Waals surface area contributed by atoms with Crippen molar-refractivity contribution in [3.63, 3.8) is 0 Å². The van der Waals surface area contributed by atoms with Gasteiger partial charge >= 0.3 is 0 Å². The molecule has 2 aromatic carbocycles. The molecule has 2 aliphatic heterocycles. The summed E-state index contributed by atoms with van der Waals surface area (Å²) in [6, 6.07) is 11.3. The summed E-state index contributed by atoms with van der Waals surface area (Å²) >= 11 is 5.94. The highest BCUT2D eigenvalue weighted by molar-refractivity contribution is 6.54. The molecule has 0 radical (unpaired) electrons. The Hall–Kier alpha value is -2.99. The Morgan fingerprint density at radius 2 is 1.57 bits per heavy atom. The van der Waals surface area contributed by atoms with Gasteiger partial charge in [-0.1, -0.05) is 23.7 Å². The second kappa shape index (κ2) is 4.76. The third-order valence-corrected chi connectivity index (χ3v) is 3.91. The van der Waals surface area contributed by atoms with E-state index in [0.29, 0.717) is 16.3 Å². The van der Waals surface area contributed by atoms with E-state index >= 15 is 0 Å². The molecule has 0 unspecified atom stereocenters. The number of hydrogen-bond donors (Lipinski definition) is 1. The average molecular weight is 326 g/mol. The summed E-state index contributed by atoms with van der Waals surface area (Å²) in [6.07, 6.45) is 0. The number of hydrogen-bond acceptors (Lipinski definition) is 4. The Bertz CT molecular complexity index is 901. The van der Waals surface area contributed by atoms with Gasteiger partial charge in [-0.15, -0.1) is 0 Å².